The van der Waals surface area contributed by atoms with E-state index in [1.165, 1.54) is 35.5 Å². The number of carbonyl (C=O) groups excluding carboxylic acids is 3. The number of rotatable bonds is 5. The molecule has 1 aliphatic carbocycles. The summed E-state index contributed by atoms with van der Waals surface area (Å²) in [6, 6.07) is 5.52. The third-order valence-electron chi connectivity index (χ3n) is 6.20. The Bertz CT molecular complexity index is 947. The van der Waals surface area contributed by atoms with Crippen molar-refractivity contribution in [3.63, 3.8) is 0 Å². The zero-order valence-electron chi connectivity index (χ0n) is 17.1. The summed E-state index contributed by atoms with van der Waals surface area (Å²) in [6.45, 7) is 3.12. The summed E-state index contributed by atoms with van der Waals surface area (Å²) < 4.78 is 27.2. The molecule has 0 spiro atoms. The van der Waals surface area contributed by atoms with Crippen LogP contribution in [-0.4, -0.2) is 78.9 Å². The fraction of sp³-hybridized carbons (Fsp3) is 0.571. The summed E-state index contributed by atoms with van der Waals surface area (Å²) >= 11 is 0. The zero-order chi connectivity index (χ0) is 21.5. The molecule has 0 N–H and O–H groups in total. The highest BCUT2D eigenvalue weighted by Crippen LogP contribution is 2.34. The molecule has 2 saturated heterocycles. The summed E-state index contributed by atoms with van der Waals surface area (Å²) in [5.74, 6) is 0.00686. The third-order valence-corrected chi connectivity index (χ3v) is 8.11. The lowest BCUT2D eigenvalue weighted by Gasteiger charge is -2.36. The van der Waals surface area contributed by atoms with Crippen molar-refractivity contribution in [3.8, 4) is 0 Å². The SMILES string of the molecule is CC(=O)c1ccc(S(=O)(=O)N2CCN(C(=O)C3CCCN3C(=O)C3CC3)CC2)cc1. The topological polar surface area (TPSA) is 95.1 Å². The first-order valence-electron chi connectivity index (χ1n) is 10.5. The van der Waals surface area contributed by atoms with E-state index in [-0.39, 0.29) is 41.5 Å². The van der Waals surface area contributed by atoms with E-state index in [0.29, 0.717) is 31.6 Å². The van der Waals surface area contributed by atoms with Gasteiger partial charge in [-0.1, -0.05) is 12.1 Å². The summed E-state index contributed by atoms with van der Waals surface area (Å²) in [7, 11) is -3.68. The molecule has 2 heterocycles. The van der Waals surface area contributed by atoms with Crippen molar-refractivity contribution in [1.29, 1.82) is 0 Å². The normalized spacial score (nSPS) is 22.9. The van der Waals surface area contributed by atoms with E-state index in [1.54, 1.807) is 9.80 Å². The fourth-order valence-electron chi connectivity index (χ4n) is 4.22. The van der Waals surface area contributed by atoms with Crippen LogP contribution in [0.15, 0.2) is 29.2 Å². The number of sulfonamides is 1. The van der Waals surface area contributed by atoms with Gasteiger partial charge >= 0.3 is 0 Å². The minimum Gasteiger partial charge on any atom is -0.338 e. The van der Waals surface area contributed by atoms with E-state index >= 15 is 0 Å². The van der Waals surface area contributed by atoms with E-state index in [1.807, 2.05) is 0 Å². The number of hydrogen-bond donors (Lipinski definition) is 0. The second-order valence-corrected chi connectivity index (χ2v) is 10.2. The van der Waals surface area contributed by atoms with Crippen LogP contribution in [0.3, 0.4) is 0 Å². The zero-order valence-corrected chi connectivity index (χ0v) is 17.9. The highest BCUT2D eigenvalue weighted by atomic mass is 32.2. The van der Waals surface area contributed by atoms with Crippen LogP contribution in [0.25, 0.3) is 0 Å². The van der Waals surface area contributed by atoms with Gasteiger partial charge in [0.25, 0.3) is 0 Å². The Balaban J connectivity index is 1.38. The second kappa shape index (κ2) is 8.11. The first-order chi connectivity index (χ1) is 14.3. The lowest BCUT2D eigenvalue weighted by Crippen LogP contribution is -2.55. The quantitative estimate of drug-likeness (QED) is 0.649. The Kier molecular flexibility index (Phi) is 5.67. The van der Waals surface area contributed by atoms with Crippen molar-refractivity contribution in [2.24, 2.45) is 5.92 Å². The molecule has 1 atom stereocenters. The lowest BCUT2D eigenvalue weighted by molar-refractivity contribution is -0.145. The molecule has 1 aromatic rings. The van der Waals surface area contributed by atoms with E-state index in [4.69, 9.17) is 0 Å². The first-order valence-corrected chi connectivity index (χ1v) is 11.9. The Labute approximate surface area is 176 Å². The maximum absolute atomic E-state index is 13.0. The number of nitrogens with zero attached hydrogens (tertiary/aromatic N) is 3. The van der Waals surface area contributed by atoms with Gasteiger partial charge in [0, 0.05) is 44.2 Å². The van der Waals surface area contributed by atoms with Crippen LogP contribution in [0, 0.1) is 5.92 Å². The van der Waals surface area contributed by atoms with Crippen LogP contribution in [0.4, 0.5) is 0 Å². The fourth-order valence-corrected chi connectivity index (χ4v) is 5.64. The van der Waals surface area contributed by atoms with E-state index in [2.05, 4.69) is 0 Å². The van der Waals surface area contributed by atoms with Gasteiger partial charge in [-0.15, -0.1) is 0 Å². The molecule has 2 aliphatic heterocycles. The smallest absolute Gasteiger partial charge is 0.245 e. The van der Waals surface area contributed by atoms with E-state index in [9.17, 15) is 22.8 Å². The maximum Gasteiger partial charge on any atom is 0.245 e. The van der Waals surface area contributed by atoms with Crippen molar-refractivity contribution in [3.05, 3.63) is 29.8 Å². The van der Waals surface area contributed by atoms with Crippen molar-refractivity contribution < 1.29 is 22.8 Å². The highest BCUT2D eigenvalue weighted by molar-refractivity contribution is 7.89. The van der Waals surface area contributed by atoms with Gasteiger partial charge in [0.05, 0.1) is 4.90 Å². The van der Waals surface area contributed by atoms with Crippen LogP contribution in [0.2, 0.25) is 0 Å². The minimum absolute atomic E-state index is 0.0654. The van der Waals surface area contributed by atoms with Gasteiger partial charge in [0.2, 0.25) is 21.8 Å². The number of carbonyl (C=O) groups is 3. The molecule has 3 fully saturated rings. The van der Waals surface area contributed by atoms with Crippen molar-refractivity contribution in [2.45, 2.75) is 43.5 Å². The van der Waals surface area contributed by atoms with Gasteiger partial charge in [-0.05, 0) is 44.7 Å². The van der Waals surface area contributed by atoms with Gasteiger partial charge in [-0.2, -0.15) is 4.31 Å². The molecule has 3 aliphatic rings. The summed E-state index contributed by atoms with van der Waals surface area (Å²) in [4.78, 5) is 40.4. The first kappa shape index (κ1) is 21.0. The number of ketones is 1. The molecule has 1 saturated carbocycles. The number of amides is 2. The van der Waals surface area contributed by atoms with Crippen molar-refractivity contribution in [1.82, 2.24) is 14.1 Å². The summed E-state index contributed by atoms with van der Waals surface area (Å²) in [5.41, 5.74) is 0.464. The standard InChI is InChI=1S/C21H27N3O5S/c1-15(25)16-6-8-18(9-7-16)30(28,29)23-13-11-22(12-14-23)21(27)19-3-2-10-24(19)20(26)17-4-5-17/h6-9,17,19H,2-5,10-14H2,1H3. The van der Waals surface area contributed by atoms with E-state index in [0.717, 1.165) is 19.3 Å². The molecule has 2 amide bonds. The molecule has 30 heavy (non-hydrogen) atoms. The molecule has 1 unspecified atom stereocenters. The monoisotopic (exact) mass is 433 g/mol. The molecule has 1 aromatic carbocycles. The van der Waals surface area contributed by atoms with Gasteiger partial charge in [-0.25, -0.2) is 8.42 Å². The second-order valence-electron chi connectivity index (χ2n) is 8.27. The predicted molar refractivity (Wildman–Crippen MR) is 109 cm³/mol. The van der Waals surface area contributed by atoms with Crippen LogP contribution in [0.1, 0.15) is 43.0 Å². The number of likely N-dealkylation sites (tertiary alicyclic amines) is 1. The number of Topliss-reactive ketones (excluding diaryl/α,β-unsaturated/α-hetero) is 1. The molecular formula is C21H27N3O5S. The van der Waals surface area contributed by atoms with Crippen LogP contribution < -0.4 is 0 Å². The van der Waals surface area contributed by atoms with E-state index < -0.39 is 16.1 Å². The average molecular weight is 434 g/mol. The molecule has 162 valence electrons. The molecule has 0 bridgehead atoms. The van der Waals surface area contributed by atoms with Gasteiger partial charge in [0.1, 0.15) is 6.04 Å². The minimum atomic E-state index is -3.68. The third kappa shape index (κ3) is 4.00. The molecular weight excluding hydrogens is 406 g/mol. The van der Waals surface area contributed by atoms with Gasteiger partial charge in [0.15, 0.2) is 5.78 Å². The van der Waals surface area contributed by atoms with Crippen LogP contribution in [-0.2, 0) is 19.6 Å². The Hall–Kier alpha value is -2.26. The maximum atomic E-state index is 13.0. The van der Waals surface area contributed by atoms with Crippen LogP contribution >= 0.6 is 0 Å². The number of benzene rings is 1. The van der Waals surface area contributed by atoms with Gasteiger partial charge in [-0.3, -0.25) is 14.4 Å². The Morgan fingerprint density at radius 1 is 0.867 bits per heavy atom. The number of piperazine rings is 1. The largest absolute Gasteiger partial charge is 0.338 e. The molecule has 8 nitrogen and oxygen atoms in total. The Morgan fingerprint density at radius 2 is 1.50 bits per heavy atom. The summed E-state index contributed by atoms with van der Waals surface area (Å²) in [6.07, 6.45) is 3.35. The average Bonchev–Trinajstić information content (AvgIpc) is 3.49. The highest BCUT2D eigenvalue weighted by Gasteiger charge is 2.42. The molecule has 4 rings (SSSR count). The molecule has 0 radical (unpaired) electrons. The predicted octanol–water partition coefficient (Wildman–Crippen LogP) is 1.12. The van der Waals surface area contributed by atoms with Crippen molar-refractivity contribution >= 4 is 27.6 Å². The Morgan fingerprint density at radius 3 is 2.07 bits per heavy atom. The van der Waals surface area contributed by atoms with Crippen LogP contribution in [0.5, 0.6) is 0 Å². The van der Waals surface area contributed by atoms with Crippen molar-refractivity contribution in [2.75, 3.05) is 32.7 Å². The summed E-state index contributed by atoms with van der Waals surface area (Å²) in [5, 5.41) is 0. The van der Waals surface area contributed by atoms with Gasteiger partial charge < -0.3 is 9.80 Å². The number of hydrogen-bond acceptors (Lipinski definition) is 5. The lowest BCUT2D eigenvalue weighted by atomic mass is 10.1. The molecule has 0 aromatic heterocycles. The molecule has 9 heteroatoms.